The molecule has 2 aromatic carbocycles. The van der Waals surface area contributed by atoms with Crippen molar-refractivity contribution in [3.63, 3.8) is 0 Å². The molecule has 25 heavy (non-hydrogen) atoms. The third-order valence-corrected chi connectivity index (χ3v) is 5.11. The third-order valence-electron chi connectivity index (χ3n) is 4.68. The quantitative estimate of drug-likeness (QED) is 0.773. The minimum Gasteiger partial charge on any atom is -0.324 e. The molecule has 1 aliphatic rings. The molecule has 0 radical (unpaired) electrons. The van der Waals surface area contributed by atoms with Crippen LogP contribution in [0.4, 0.5) is 5.69 Å². The number of carbonyl (C=O) groups is 1. The Labute approximate surface area is 158 Å². The molecule has 132 valence electrons. The van der Waals surface area contributed by atoms with Gasteiger partial charge in [-0.3, -0.25) is 9.69 Å². The average Bonchev–Trinajstić information content (AvgIpc) is 2.57. The summed E-state index contributed by atoms with van der Waals surface area (Å²) in [6, 6.07) is 14.7. The number of piperidine rings is 1. The van der Waals surface area contributed by atoms with Crippen molar-refractivity contribution in [2.75, 3.05) is 18.4 Å². The lowest BCUT2D eigenvalue weighted by atomic mass is 9.95. The first-order valence-electron chi connectivity index (χ1n) is 8.59. The van der Waals surface area contributed by atoms with E-state index in [1.54, 1.807) is 18.2 Å². The number of rotatable bonds is 4. The molecule has 1 fully saturated rings. The molecule has 1 aliphatic heterocycles. The van der Waals surface area contributed by atoms with Gasteiger partial charge in [-0.1, -0.05) is 60.5 Å². The number of likely N-dealkylation sites (tertiary alicyclic amines) is 1. The Kier molecular flexibility index (Phi) is 6.00. The van der Waals surface area contributed by atoms with Gasteiger partial charge in [0.15, 0.2) is 0 Å². The fourth-order valence-electron chi connectivity index (χ4n) is 3.29. The maximum Gasteiger partial charge on any atom is 0.246 e. The van der Waals surface area contributed by atoms with Crippen LogP contribution in [0.2, 0.25) is 10.0 Å². The molecule has 0 spiro atoms. The van der Waals surface area contributed by atoms with Crippen LogP contribution in [-0.4, -0.2) is 23.9 Å². The molecule has 1 amide bonds. The van der Waals surface area contributed by atoms with Gasteiger partial charge < -0.3 is 5.32 Å². The number of nitrogens with zero attached hydrogens (tertiary/aromatic N) is 1. The fourth-order valence-corrected chi connectivity index (χ4v) is 3.81. The standard InChI is InChI=1S/C20H22Cl2N2O/c1-14-7-9-24(10-8-14)19(15-5-3-2-4-6-15)20(25)23-18-12-16(21)11-17(22)13-18/h2-6,11-14,19H,7-10H2,1H3,(H,23,25). The molecule has 1 heterocycles. The molecule has 5 heteroatoms. The smallest absolute Gasteiger partial charge is 0.246 e. The summed E-state index contributed by atoms with van der Waals surface area (Å²) < 4.78 is 0. The lowest BCUT2D eigenvalue weighted by Crippen LogP contribution is -2.41. The molecule has 1 atom stereocenters. The highest BCUT2D eigenvalue weighted by Gasteiger charge is 2.30. The number of halogens is 2. The van der Waals surface area contributed by atoms with Crippen molar-refractivity contribution in [2.24, 2.45) is 5.92 Å². The summed E-state index contributed by atoms with van der Waals surface area (Å²) in [7, 11) is 0. The summed E-state index contributed by atoms with van der Waals surface area (Å²) >= 11 is 12.1. The van der Waals surface area contributed by atoms with Gasteiger partial charge in [0, 0.05) is 15.7 Å². The third kappa shape index (κ3) is 4.75. The zero-order valence-corrected chi connectivity index (χ0v) is 15.7. The number of anilines is 1. The molecule has 2 aromatic rings. The number of carbonyl (C=O) groups excluding carboxylic acids is 1. The summed E-state index contributed by atoms with van der Waals surface area (Å²) in [5.74, 6) is 0.654. The predicted octanol–water partition coefficient (Wildman–Crippen LogP) is 5.41. The summed E-state index contributed by atoms with van der Waals surface area (Å²) in [4.78, 5) is 15.3. The lowest BCUT2D eigenvalue weighted by Gasteiger charge is -2.36. The van der Waals surface area contributed by atoms with Gasteiger partial charge in [0.25, 0.3) is 0 Å². The molecule has 1 saturated heterocycles. The van der Waals surface area contributed by atoms with E-state index in [1.807, 2.05) is 30.3 Å². The molecule has 0 bridgehead atoms. The Morgan fingerprint density at radius 1 is 1.08 bits per heavy atom. The maximum absolute atomic E-state index is 13.1. The van der Waals surface area contributed by atoms with Crippen molar-refractivity contribution in [3.05, 3.63) is 64.1 Å². The summed E-state index contributed by atoms with van der Waals surface area (Å²) in [6.07, 6.45) is 2.22. The van der Waals surface area contributed by atoms with Gasteiger partial charge in [0.05, 0.1) is 0 Å². The van der Waals surface area contributed by atoms with Gasteiger partial charge in [-0.25, -0.2) is 0 Å². The zero-order chi connectivity index (χ0) is 17.8. The molecular formula is C20H22Cl2N2O. The van der Waals surface area contributed by atoms with E-state index in [-0.39, 0.29) is 11.9 Å². The van der Waals surface area contributed by atoms with E-state index in [1.165, 1.54) is 0 Å². The number of hydrogen-bond acceptors (Lipinski definition) is 2. The summed E-state index contributed by atoms with van der Waals surface area (Å²) in [6.45, 7) is 4.11. The Morgan fingerprint density at radius 2 is 1.68 bits per heavy atom. The minimum absolute atomic E-state index is 0.0564. The van der Waals surface area contributed by atoms with Crippen LogP contribution in [0.15, 0.2) is 48.5 Å². The van der Waals surface area contributed by atoms with Crippen LogP contribution in [-0.2, 0) is 4.79 Å². The first kappa shape index (κ1) is 18.2. The van der Waals surface area contributed by atoms with Gasteiger partial charge >= 0.3 is 0 Å². The Hall–Kier alpha value is -1.55. The highest BCUT2D eigenvalue weighted by molar-refractivity contribution is 6.35. The van der Waals surface area contributed by atoms with Crippen molar-refractivity contribution in [1.29, 1.82) is 0 Å². The summed E-state index contributed by atoms with van der Waals surface area (Å²) in [5.41, 5.74) is 1.62. The van der Waals surface area contributed by atoms with Gasteiger partial charge in [0.1, 0.15) is 6.04 Å². The average molecular weight is 377 g/mol. The SMILES string of the molecule is CC1CCN(C(C(=O)Nc2cc(Cl)cc(Cl)c2)c2ccccc2)CC1. The molecule has 0 saturated carbocycles. The van der Waals surface area contributed by atoms with E-state index < -0.39 is 0 Å². The lowest BCUT2D eigenvalue weighted by molar-refractivity contribution is -0.122. The van der Waals surface area contributed by atoms with Gasteiger partial charge in [0.2, 0.25) is 5.91 Å². The van der Waals surface area contributed by atoms with Crippen LogP contribution in [0.1, 0.15) is 31.4 Å². The van der Waals surface area contributed by atoms with Gasteiger partial charge in [-0.2, -0.15) is 0 Å². The maximum atomic E-state index is 13.1. The molecule has 0 aromatic heterocycles. The normalized spacial score (nSPS) is 17.2. The van der Waals surface area contributed by atoms with Crippen LogP contribution in [0.5, 0.6) is 0 Å². The van der Waals surface area contributed by atoms with Crippen molar-refractivity contribution >= 4 is 34.8 Å². The van der Waals surface area contributed by atoms with E-state index in [0.29, 0.717) is 21.7 Å². The Balaban J connectivity index is 1.84. The first-order valence-corrected chi connectivity index (χ1v) is 9.34. The van der Waals surface area contributed by atoms with Gasteiger partial charge in [-0.15, -0.1) is 0 Å². The number of benzene rings is 2. The van der Waals surface area contributed by atoms with Gasteiger partial charge in [-0.05, 0) is 55.6 Å². The first-order chi connectivity index (χ1) is 12.0. The van der Waals surface area contributed by atoms with E-state index in [0.717, 1.165) is 31.5 Å². The van der Waals surface area contributed by atoms with Crippen molar-refractivity contribution in [2.45, 2.75) is 25.8 Å². The fraction of sp³-hybridized carbons (Fsp3) is 0.350. The largest absolute Gasteiger partial charge is 0.324 e. The molecular weight excluding hydrogens is 355 g/mol. The van der Waals surface area contributed by atoms with Crippen LogP contribution < -0.4 is 5.32 Å². The van der Waals surface area contributed by atoms with E-state index >= 15 is 0 Å². The molecule has 3 nitrogen and oxygen atoms in total. The second-order valence-corrected chi connectivity index (χ2v) is 7.55. The van der Waals surface area contributed by atoms with Crippen molar-refractivity contribution in [3.8, 4) is 0 Å². The van der Waals surface area contributed by atoms with Crippen LogP contribution in [0.25, 0.3) is 0 Å². The minimum atomic E-state index is -0.313. The van der Waals surface area contributed by atoms with Crippen LogP contribution in [0.3, 0.4) is 0 Å². The van der Waals surface area contributed by atoms with Crippen molar-refractivity contribution in [1.82, 2.24) is 4.90 Å². The Bertz CT molecular complexity index is 707. The Morgan fingerprint density at radius 3 is 2.28 bits per heavy atom. The van der Waals surface area contributed by atoms with Crippen LogP contribution in [0, 0.1) is 5.92 Å². The predicted molar refractivity (Wildman–Crippen MR) is 104 cm³/mol. The van der Waals surface area contributed by atoms with Crippen LogP contribution >= 0.6 is 23.2 Å². The summed E-state index contributed by atoms with van der Waals surface area (Å²) in [5, 5.41) is 3.99. The second kappa shape index (κ2) is 8.22. The van der Waals surface area contributed by atoms with Crippen molar-refractivity contribution < 1.29 is 4.79 Å². The highest BCUT2D eigenvalue weighted by Crippen LogP contribution is 2.29. The molecule has 1 unspecified atom stereocenters. The van der Waals surface area contributed by atoms with E-state index in [9.17, 15) is 4.79 Å². The van der Waals surface area contributed by atoms with E-state index in [2.05, 4.69) is 17.1 Å². The zero-order valence-electron chi connectivity index (χ0n) is 14.2. The molecule has 0 aliphatic carbocycles. The monoisotopic (exact) mass is 376 g/mol. The number of hydrogen-bond donors (Lipinski definition) is 1. The van der Waals surface area contributed by atoms with E-state index in [4.69, 9.17) is 23.2 Å². The topological polar surface area (TPSA) is 32.3 Å². The number of nitrogens with one attached hydrogen (secondary N) is 1. The molecule has 3 rings (SSSR count). The number of amides is 1. The molecule has 1 N–H and O–H groups in total. The second-order valence-electron chi connectivity index (χ2n) is 6.68. The highest BCUT2D eigenvalue weighted by atomic mass is 35.5.